The number of hydrogen-bond acceptors (Lipinski definition) is 5. The van der Waals surface area contributed by atoms with E-state index in [-0.39, 0.29) is 11.8 Å². The Bertz CT molecular complexity index is 1070. The molecule has 0 atom stereocenters. The summed E-state index contributed by atoms with van der Waals surface area (Å²) in [6, 6.07) is 14.2. The lowest BCUT2D eigenvalue weighted by atomic mass is 10.2. The van der Waals surface area contributed by atoms with Gasteiger partial charge in [-0.3, -0.25) is 0 Å². The molecule has 4 aromatic rings. The second-order valence-corrected chi connectivity index (χ2v) is 5.57. The largest absolute Gasteiger partial charge is 0.324 e. The van der Waals surface area contributed by atoms with Gasteiger partial charge in [0.15, 0.2) is 5.65 Å². The van der Waals surface area contributed by atoms with Crippen molar-refractivity contribution >= 4 is 28.0 Å². The zero-order valence-corrected chi connectivity index (χ0v) is 13.6. The molecule has 0 unspecified atom stereocenters. The number of benzene rings is 2. The van der Waals surface area contributed by atoms with Gasteiger partial charge in [0, 0.05) is 11.9 Å². The molecule has 6 nitrogen and oxygen atoms in total. The maximum Gasteiger partial charge on any atom is 0.289 e. The molecule has 0 amide bonds. The molecule has 0 aliphatic rings. The van der Waals surface area contributed by atoms with E-state index in [4.69, 9.17) is 0 Å². The van der Waals surface area contributed by atoms with Gasteiger partial charge in [-0.1, -0.05) is 30.3 Å². The topological polar surface area (TPSA) is 68.3 Å². The SMILES string of the molecule is CCn1c2ccccc2c2nnc(N=NCc3ccc(F)cc3)nc21. The van der Waals surface area contributed by atoms with E-state index in [1.165, 1.54) is 12.1 Å². The van der Waals surface area contributed by atoms with E-state index in [9.17, 15) is 4.39 Å². The van der Waals surface area contributed by atoms with Gasteiger partial charge in [-0.2, -0.15) is 10.1 Å². The second kappa shape index (κ2) is 6.35. The van der Waals surface area contributed by atoms with Gasteiger partial charge in [-0.25, -0.2) is 4.39 Å². The fraction of sp³-hybridized carbons (Fsp3) is 0.167. The number of aromatic nitrogens is 4. The summed E-state index contributed by atoms with van der Waals surface area (Å²) < 4.78 is 15.0. The summed E-state index contributed by atoms with van der Waals surface area (Å²) in [5.41, 5.74) is 3.44. The third kappa shape index (κ3) is 2.84. The Labute approximate surface area is 143 Å². The van der Waals surface area contributed by atoms with Crippen molar-refractivity contribution in [3.05, 3.63) is 59.9 Å². The average molecular weight is 334 g/mol. The Kier molecular flexibility index (Phi) is 3.89. The lowest BCUT2D eigenvalue weighted by molar-refractivity contribution is 0.627. The van der Waals surface area contributed by atoms with Crippen molar-refractivity contribution in [2.24, 2.45) is 10.2 Å². The van der Waals surface area contributed by atoms with Crippen LogP contribution in [0.25, 0.3) is 22.1 Å². The fourth-order valence-electron chi connectivity index (χ4n) is 2.83. The summed E-state index contributed by atoms with van der Waals surface area (Å²) in [4.78, 5) is 4.50. The van der Waals surface area contributed by atoms with Crippen LogP contribution < -0.4 is 0 Å². The molecule has 0 bridgehead atoms. The third-order valence-corrected chi connectivity index (χ3v) is 4.01. The van der Waals surface area contributed by atoms with Crippen LogP contribution in [-0.2, 0) is 13.1 Å². The minimum absolute atomic E-state index is 0.215. The maximum absolute atomic E-state index is 12.9. The first-order valence-corrected chi connectivity index (χ1v) is 8.00. The lowest BCUT2D eigenvalue weighted by Crippen LogP contribution is -1.96. The number of aryl methyl sites for hydroxylation is 1. The minimum Gasteiger partial charge on any atom is -0.324 e. The summed E-state index contributed by atoms with van der Waals surface area (Å²) in [6.45, 7) is 3.16. The molecule has 0 aliphatic heterocycles. The Hall–Kier alpha value is -3.22. The molecule has 0 saturated heterocycles. The number of fused-ring (bicyclic) bond motifs is 3. The van der Waals surface area contributed by atoms with Crippen molar-refractivity contribution < 1.29 is 4.39 Å². The fourth-order valence-corrected chi connectivity index (χ4v) is 2.83. The second-order valence-electron chi connectivity index (χ2n) is 5.57. The highest BCUT2D eigenvalue weighted by molar-refractivity contribution is 6.04. The Morgan fingerprint density at radius 1 is 1.04 bits per heavy atom. The Balaban J connectivity index is 1.67. The summed E-state index contributed by atoms with van der Waals surface area (Å²) >= 11 is 0. The van der Waals surface area contributed by atoms with E-state index in [0.29, 0.717) is 6.54 Å². The number of nitrogens with zero attached hydrogens (tertiary/aromatic N) is 6. The van der Waals surface area contributed by atoms with Crippen molar-refractivity contribution in [2.45, 2.75) is 20.0 Å². The lowest BCUT2D eigenvalue weighted by Gasteiger charge is -2.01. The number of hydrogen-bond donors (Lipinski definition) is 0. The number of halogens is 1. The van der Waals surface area contributed by atoms with Crippen LogP contribution in [0.2, 0.25) is 0 Å². The van der Waals surface area contributed by atoms with Crippen LogP contribution in [0.4, 0.5) is 10.3 Å². The monoisotopic (exact) mass is 334 g/mol. The summed E-state index contributed by atoms with van der Waals surface area (Å²) in [7, 11) is 0. The van der Waals surface area contributed by atoms with Gasteiger partial charge in [0.2, 0.25) is 0 Å². The first-order valence-electron chi connectivity index (χ1n) is 8.00. The first-order chi connectivity index (χ1) is 12.3. The van der Waals surface area contributed by atoms with Crippen molar-refractivity contribution in [3.63, 3.8) is 0 Å². The molecule has 2 aromatic heterocycles. The normalized spacial score (nSPS) is 11.8. The molecular weight excluding hydrogens is 319 g/mol. The van der Waals surface area contributed by atoms with Crippen LogP contribution in [-0.4, -0.2) is 19.7 Å². The van der Waals surface area contributed by atoms with Crippen molar-refractivity contribution in [1.82, 2.24) is 19.7 Å². The van der Waals surface area contributed by atoms with Crippen LogP contribution in [0.5, 0.6) is 0 Å². The van der Waals surface area contributed by atoms with Gasteiger partial charge >= 0.3 is 0 Å². The molecule has 4 rings (SSSR count). The van der Waals surface area contributed by atoms with E-state index in [1.54, 1.807) is 12.1 Å². The van der Waals surface area contributed by atoms with Crippen LogP contribution >= 0.6 is 0 Å². The van der Waals surface area contributed by atoms with Gasteiger partial charge in [-0.05, 0) is 30.7 Å². The highest BCUT2D eigenvalue weighted by atomic mass is 19.1. The van der Waals surface area contributed by atoms with Crippen molar-refractivity contribution in [3.8, 4) is 0 Å². The molecular formula is C18H15FN6. The van der Waals surface area contributed by atoms with Gasteiger partial charge in [0.25, 0.3) is 5.95 Å². The minimum atomic E-state index is -0.272. The first kappa shape index (κ1) is 15.3. The van der Waals surface area contributed by atoms with Gasteiger partial charge in [-0.15, -0.1) is 15.3 Å². The third-order valence-electron chi connectivity index (χ3n) is 4.01. The molecule has 0 N–H and O–H groups in total. The van der Waals surface area contributed by atoms with Gasteiger partial charge in [0.1, 0.15) is 11.3 Å². The highest BCUT2D eigenvalue weighted by Crippen LogP contribution is 2.26. The number of para-hydroxylation sites is 1. The molecule has 0 saturated carbocycles. The molecule has 2 aromatic carbocycles. The molecule has 2 heterocycles. The molecule has 124 valence electrons. The van der Waals surface area contributed by atoms with E-state index in [2.05, 4.69) is 36.9 Å². The van der Waals surface area contributed by atoms with Gasteiger partial charge in [0.05, 0.1) is 12.1 Å². The van der Waals surface area contributed by atoms with Crippen molar-refractivity contribution in [1.29, 1.82) is 0 Å². The van der Waals surface area contributed by atoms with E-state index < -0.39 is 0 Å². The van der Waals surface area contributed by atoms with Crippen LogP contribution in [0.1, 0.15) is 12.5 Å². The van der Waals surface area contributed by atoms with Gasteiger partial charge < -0.3 is 4.57 Å². The molecule has 25 heavy (non-hydrogen) atoms. The molecule has 0 aliphatic carbocycles. The Morgan fingerprint density at radius 3 is 2.64 bits per heavy atom. The smallest absolute Gasteiger partial charge is 0.289 e. The molecule has 0 fully saturated rings. The summed E-state index contributed by atoms with van der Waals surface area (Å²) in [5.74, 6) is -0.0572. The Morgan fingerprint density at radius 2 is 1.84 bits per heavy atom. The predicted molar refractivity (Wildman–Crippen MR) is 93.1 cm³/mol. The van der Waals surface area contributed by atoms with Crippen LogP contribution in [0.15, 0.2) is 58.8 Å². The van der Waals surface area contributed by atoms with E-state index >= 15 is 0 Å². The highest BCUT2D eigenvalue weighted by Gasteiger charge is 2.13. The number of rotatable bonds is 4. The number of azo groups is 1. The van der Waals surface area contributed by atoms with Crippen molar-refractivity contribution in [2.75, 3.05) is 0 Å². The summed E-state index contributed by atoms with van der Waals surface area (Å²) in [5, 5.41) is 17.5. The quantitative estimate of drug-likeness (QED) is 0.519. The molecule has 0 radical (unpaired) electrons. The zero-order chi connectivity index (χ0) is 17.2. The van der Waals surface area contributed by atoms with Crippen LogP contribution in [0.3, 0.4) is 0 Å². The van der Waals surface area contributed by atoms with E-state index in [1.807, 2.05) is 24.3 Å². The summed E-state index contributed by atoms with van der Waals surface area (Å²) in [6.07, 6.45) is 0. The maximum atomic E-state index is 12.9. The average Bonchev–Trinajstić information content (AvgIpc) is 2.96. The molecule has 0 spiro atoms. The van der Waals surface area contributed by atoms with E-state index in [0.717, 1.165) is 34.2 Å². The zero-order valence-electron chi connectivity index (χ0n) is 13.6. The molecule has 7 heteroatoms. The van der Waals surface area contributed by atoms with Crippen LogP contribution in [0, 0.1) is 5.82 Å². The predicted octanol–water partition coefficient (Wildman–Crippen LogP) is 4.42. The standard InChI is InChI=1S/C18H15FN6/c1-2-25-15-6-4-3-5-14(15)16-17(25)21-18(24-22-16)23-20-11-12-7-9-13(19)10-8-12/h3-10H,2,11H2,1H3.